The van der Waals surface area contributed by atoms with Crippen LogP contribution in [0.1, 0.15) is 6.42 Å². The van der Waals surface area contributed by atoms with Crippen molar-refractivity contribution in [1.82, 2.24) is 0 Å². The smallest absolute Gasteiger partial charge is 0.319 e. The number of carbonyl (C=O) groups excluding carboxylic acids is 1. The minimum atomic E-state index is -1.01. The van der Waals surface area contributed by atoms with Crippen molar-refractivity contribution >= 4 is 49.0 Å². The maximum Gasteiger partial charge on any atom is 0.319 e. The van der Waals surface area contributed by atoms with Crippen LogP contribution in [0.4, 0.5) is 0 Å². The summed E-state index contributed by atoms with van der Waals surface area (Å²) in [5.74, 6) is -1.19. The van der Waals surface area contributed by atoms with Crippen LogP contribution < -0.4 is 0 Å². The van der Waals surface area contributed by atoms with Crippen LogP contribution in [0, 0.1) is 0 Å². The van der Waals surface area contributed by atoms with Gasteiger partial charge in [-0.2, -0.15) is 25.3 Å². The molecule has 2 N–H and O–H groups in total. The predicted octanol–water partition coefficient (Wildman–Crippen LogP) is 0.327. The molecule has 0 fully saturated rings. The van der Waals surface area contributed by atoms with Crippen LogP contribution in [0.5, 0.6) is 0 Å². The van der Waals surface area contributed by atoms with Gasteiger partial charge in [0, 0.05) is 24.5 Å². The van der Waals surface area contributed by atoms with Gasteiger partial charge in [-0.3, -0.25) is 9.59 Å². The average Bonchev–Trinajstić information content (AvgIpc) is 2.30. The van der Waals surface area contributed by atoms with E-state index in [1.165, 1.54) is 0 Å². The number of rotatable bonds is 9. The Kier molecular flexibility index (Phi) is 9.90. The molecule has 0 aromatic carbocycles. The lowest BCUT2D eigenvalue weighted by Crippen LogP contribution is -2.29. The Labute approximate surface area is 115 Å². The van der Waals surface area contributed by atoms with Crippen LogP contribution in [0.3, 0.4) is 0 Å². The summed E-state index contributed by atoms with van der Waals surface area (Å²) >= 11 is 8.88. The number of hydrogen-bond donors (Lipinski definition) is 4. The van der Waals surface area contributed by atoms with E-state index in [0.29, 0.717) is 6.42 Å². The van der Waals surface area contributed by atoms with Gasteiger partial charge in [0.2, 0.25) is 0 Å². The van der Waals surface area contributed by atoms with E-state index >= 15 is 0 Å². The molecule has 0 aromatic rings. The van der Waals surface area contributed by atoms with Crippen molar-refractivity contribution in [2.45, 2.75) is 16.9 Å². The molecular weight excluding hydrogens is 284 g/mol. The van der Waals surface area contributed by atoms with Crippen molar-refractivity contribution in [2.24, 2.45) is 0 Å². The van der Waals surface area contributed by atoms with Gasteiger partial charge in [0.1, 0.15) is 10.5 Å². The molecule has 0 aromatic heterocycles. The van der Waals surface area contributed by atoms with Crippen LogP contribution in [0.15, 0.2) is 0 Å². The highest BCUT2D eigenvalue weighted by Crippen LogP contribution is 2.21. The van der Waals surface area contributed by atoms with Crippen molar-refractivity contribution in [1.29, 1.82) is 0 Å². The number of carboxylic acid groups (broad SMARTS) is 1. The van der Waals surface area contributed by atoms with Gasteiger partial charge in [0.05, 0.1) is 6.61 Å². The summed E-state index contributed by atoms with van der Waals surface area (Å²) in [7, 11) is 0. The lowest BCUT2D eigenvalue weighted by atomic mass is 10.4. The van der Waals surface area contributed by atoms with Crippen molar-refractivity contribution in [3.63, 3.8) is 0 Å². The van der Waals surface area contributed by atoms with E-state index in [1.807, 2.05) is 0 Å². The molecule has 17 heavy (non-hydrogen) atoms. The van der Waals surface area contributed by atoms with Crippen molar-refractivity contribution < 1.29 is 24.5 Å². The number of aliphatic hydroxyl groups is 1. The summed E-state index contributed by atoms with van der Waals surface area (Å²) in [6.45, 7) is 0.0686. The molecule has 0 amide bonds. The lowest BCUT2D eigenvalue weighted by molar-refractivity contribution is -0.142. The summed E-state index contributed by atoms with van der Waals surface area (Å²) in [6, 6.07) is 0. The van der Waals surface area contributed by atoms with Crippen molar-refractivity contribution in [2.75, 3.05) is 24.7 Å². The Morgan fingerprint density at radius 1 is 1.24 bits per heavy atom. The van der Waals surface area contributed by atoms with E-state index in [4.69, 9.17) is 14.9 Å². The highest BCUT2D eigenvalue weighted by Gasteiger charge is 2.27. The molecule has 0 aliphatic heterocycles. The molecule has 100 valence electrons. The zero-order valence-corrected chi connectivity index (χ0v) is 11.7. The molecule has 0 radical (unpaired) electrons. The third kappa shape index (κ3) is 7.07. The van der Waals surface area contributed by atoms with E-state index < -0.39 is 22.4 Å². The molecule has 0 aliphatic rings. The molecule has 0 saturated carbocycles. The van der Waals surface area contributed by atoms with Gasteiger partial charge in [-0.05, 0) is 0 Å². The fourth-order valence-electron chi connectivity index (χ4n) is 0.881. The first-order valence-electron chi connectivity index (χ1n) is 4.94. The standard InChI is InChI=1S/C9H16O5S3/c10-2-1-3-14-9(13)7(5-16)17-6(4-15)8(11)12/h6-7,10,15-16H,1-5H2,(H,11,12). The molecule has 0 saturated heterocycles. The Hall–Kier alpha value is -0.0500. The number of hydrogen-bond acceptors (Lipinski definition) is 7. The average molecular weight is 300 g/mol. The molecule has 0 heterocycles. The van der Waals surface area contributed by atoms with E-state index in [0.717, 1.165) is 11.8 Å². The fourth-order valence-corrected chi connectivity index (χ4v) is 2.57. The second-order valence-corrected chi connectivity index (χ2v) is 5.20. The first kappa shape index (κ1) is 16.9. The normalized spacial score (nSPS) is 14.1. The number of ether oxygens (including phenoxy) is 1. The molecule has 0 rings (SSSR count). The molecule has 2 unspecified atom stereocenters. The van der Waals surface area contributed by atoms with E-state index in [1.54, 1.807) is 0 Å². The summed E-state index contributed by atoms with van der Waals surface area (Å²) in [5.41, 5.74) is 0. The van der Waals surface area contributed by atoms with Gasteiger partial charge in [-0.1, -0.05) is 0 Å². The molecule has 8 heteroatoms. The molecule has 2 atom stereocenters. The number of thiol groups is 2. The number of aliphatic carboxylic acids is 1. The Morgan fingerprint density at radius 3 is 2.24 bits per heavy atom. The largest absolute Gasteiger partial charge is 0.480 e. The Balaban J connectivity index is 4.20. The van der Waals surface area contributed by atoms with Gasteiger partial charge in [0.25, 0.3) is 0 Å². The van der Waals surface area contributed by atoms with Crippen LogP contribution in [-0.4, -0.2) is 57.4 Å². The third-order valence-electron chi connectivity index (χ3n) is 1.75. The first-order valence-corrected chi connectivity index (χ1v) is 7.15. The molecule has 0 aliphatic carbocycles. The Morgan fingerprint density at radius 2 is 1.82 bits per heavy atom. The third-order valence-corrected chi connectivity index (χ3v) is 4.35. The summed E-state index contributed by atoms with van der Waals surface area (Å²) < 4.78 is 4.87. The lowest BCUT2D eigenvalue weighted by Gasteiger charge is -2.16. The highest BCUT2D eigenvalue weighted by atomic mass is 32.2. The second-order valence-electron chi connectivity index (χ2n) is 3.06. The van der Waals surface area contributed by atoms with E-state index in [2.05, 4.69) is 25.3 Å². The van der Waals surface area contributed by atoms with Crippen molar-refractivity contribution in [3.8, 4) is 0 Å². The maximum absolute atomic E-state index is 11.5. The molecule has 0 bridgehead atoms. The zero-order valence-electron chi connectivity index (χ0n) is 9.11. The van der Waals surface area contributed by atoms with Gasteiger partial charge >= 0.3 is 11.9 Å². The summed E-state index contributed by atoms with van der Waals surface area (Å²) in [4.78, 5) is 22.3. The van der Waals surface area contributed by atoms with Crippen molar-refractivity contribution in [3.05, 3.63) is 0 Å². The predicted molar refractivity (Wildman–Crippen MR) is 73.2 cm³/mol. The van der Waals surface area contributed by atoms with Gasteiger partial charge in [-0.15, -0.1) is 11.8 Å². The summed E-state index contributed by atoms with van der Waals surface area (Å²) in [6.07, 6.45) is 0.366. The minimum Gasteiger partial charge on any atom is -0.480 e. The summed E-state index contributed by atoms with van der Waals surface area (Å²) in [5, 5.41) is 16.0. The van der Waals surface area contributed by atoms with Gasteiger partial charge in [0.15, 0.2) is 0 Å². The zero-order chi connectivity index (χ0) is 13.3. The first-order chi connectivity index (χ1) is 8.06. The SMILES string of the molecule is O=C(O)C(CS)SC(CS)C(=O)OCCCO. The number of thioether (sulfide) groups is 1. The van der Waals surface area contributed by atoms with Crippen LogP contribution >= 0.6 is 37.0 Å². The van der Waals surface area contributed by atoms with Gasteiger partial charge in [-0.25, -0.2) is 0 Å². The second kappa shape index (κ2) is 9.93. The van der Waals surface area contributed by atoms with Crippen LogP contribution in [0.2, 0.25) is 0 Å². The topological polar surface area (TPSA) is 83.8 Å². The Bertz CT molecular complexity index is 249. The molecule has 5 nitrogen and oxygen atoms in total. The monoisotopic (exact) mass is 300 g/mol. The fraction of sp³-hybridized carbons (Fsp3) is 0.778. The molecule has 0 spiro atoms. The highest BCUT2D eigenvalue weighted by molar-refractivity contribution is 8.03. The van der Waals surface area contributed by atoms with Gasteiger partial charge < -0.3 is 14.9 Å². The number of esters is 1. The molecular formula is C9H16O5S3. The quantitative estimate of drug-likeness (QED) is 0.279. The van der Waals surface area contributed by atoms with Crippen LogP contribution in [-0.2, 0) is 14.3 Å². The number of carboxylic acids is 1. The van der Waals surface area contributed by atoms with E-state index in [-0.39, 0.29) is 24.7 Å². The van der Waals surface area contributed by atoms with Crippen LogP contribution in [0.25, 0.3) is 0 Å². The van der Waals surface area contributed by atoms with E-state index in [9.17, 15) is 9.59 Å². The number of carbonyl (C=O) groups is 2. The maximum atomic E-state index is 11.5. The number of aliphatic hydroxyl groups excluding tert-OH is 1. The minimum absolute atomic E-state index is 0.0552.